The third kappa shape index (κ3) is 11.4. The Hall–Kier alpha value is -1.28. The summed E-state index contributed by atoms with van der Waals surface area (Å²) in [6.07, 6.45) is -56.8. The number of ether oxygens (including phenoxy) is 11. The predicted molar refractivity (Wildman–Crippen MR) is 201 cm³/mol. The van der Waals surface area contributed by atoms with Gasteiger partial charge in [-0.15, -0.1) is 0 Å². The van der Waals surface area contributed by atoms with Crippen LogP contribution in [0.4, 0.5) is 0 Å². The number of hydrogen-bond donors (Lipinski definition) is 20. The molecule has 0 aromatic carbocycles. The van der Waals surface area contributed by atoms with Crippen molar-refractivity contribution in [3.63, 3.8) is 0 Å². The fourth-order valence-corrected chi connectivity index (χ4v) is 8.58. The lowest BCUT2D eigenvalue weighted by Gasteiger charge is -2.49. The molecule has 0 amide bonds. The van der Waals surface area contributed by atoms with Crippen LogP contribution >= 0.6 is 0 Å². The van der Waals surface area contributed by atoms with Crippen LogP contribution in [0.1, 0.15) is 0 Å². The molecule has 0 aliphatic carbocycles. The minimum absolute atomic E-state index is 0.705. The zero-order chi connectivity index (χ0) is 50.0. The summed E-state index contributed by atoms with van der Waals surface area (Å²) in [7, 11) is 0. The van der Waals surface area contributed by atoms with Crippen molar-refractivity contribution in [2.45, 2.75) is 184 Å². The van der Waals surface area contributed by atoms with Crippen LogP contribution < -0.4 is 0 Å². The van der Waals surface area contributed by atoms with Gasteiger partial charge in [-0.05, 0) is 0 Å². The molecule has 0 radical (unpaired) electrons. The highest BCUT2D eigenvalue weighted by Crippen LogP contribution is 2.36. The molecule has 30 atom stereocenters. The molecule has 0 unspecified atom stereocenters. The van der Waals surface area contributed by atoms with Gasteiger partial charge in [0.25, 0.3) is 0 Å². The first-order chi connectivity index (χ1) is 32.3. The molecule has 68 heavy (non-hydrogen) atoms. The Kier molecular flexibility index (Phi) is 19.9. The van der Waals surface area contributed by atoms with Crippen molar-refractivity contribution in [2.24, 2.45) is 0 Å². The Labute approximate surface area is 383 Å². The van der Waals surface area contributed by atoms with E-state index in [1.54, 1.807) is 0 Å². The molecule has 32 heteroatoms. The average Bonchev–Trinajstić information content (AvgIpc) is 3.33. The second kappa shape index (κ2) is 24.2. The number of hydrogen-bond acceptors (Lipinski definition) is 32. The highest BCUT2D eigenvalue weighted by atomic mass is 17.1. The minimum atomic E-state index is -2.18. The second-order valence-corrected chi connectivity index (χ2v) is 16.9. The van der Waals surface area contributed by atoms with Gasteiger partial charge in [0.15, 0.2) is 37.7 Å². The summed E-state index contributed by atoms with van der Waals surface area (Å²) in [6, 6.07) is 0. The Morgan fingerprint density at radius 1 is 0.265 bits per heavy atom. The quantitative estimate of drug-likeness (QED) is 0.0475. The van der Waals surface area contributed by atoms with Gasteiger partial charge in [0.05, 0.1) is 33.0 Å². The molecule has 0 aromatic rings. The van der Waals surface area contributed by atoms with E-state index in [1.807, 2.05) is 0 Å². The van der Waals surface area contributed by atoms with E-state index in [9.17, 15) is 97.0 Å². The summed E-state index contributed by atoms with van der Waals surface area (Å²) < 4.78 is 60.6. The van der Waals surface area contributed by atoms with E-state index in [4.69, 9.17) is 57.4 Å². The van der Waals surface area contributed by atoms with Crippen LogP contribution in [0.3, 0.4) is 0 Å². The van der Waals surface area contributed by atoms with Crippen LogP contribution in [0.15, 0.2) is 0 Å². The molecule has 6 fully saturated rings. The Morgan fingerprint density at radius 2 is 0.500 bits per heavy atom. The van der Waals surface area contributed by atoms with Crippen LogP contribution in [-0.4, -0.2) is 326 Å². The van der Waals surface area contributed by atoms with Crippen LogP contribution in [0.5, 0.6) is 0 Å². The molecular weight excluding hydrogens is 944 g/mol. The normalized spacial score (nSPS) is 52.8. The van der Waals surface area contributed by atoms with Gasteiger partial charge in [-0.2, -0.15) is 0 Å². The zero-order valence-electron chi connectivity index (χ0n) is 35.4. The Bertz CT molecular complexity index is 1520. The summed E-state index contributed by atoms with van der Waals surface area (Å²) in [6.45, 7) is -5.57. The maximum Gasteiger partial charge on any atom is 0.187 e. The third-order valence-corrected chi connectivity index (χ3v) is 12.5. The first kappa shape index (κ1) is 56.0. The molecule has 398 valence electrons. The largest absolute Gasteiger partial charge is 0.394 e. The van der Waals surface area contributed by atoms with Crippen molar-refractivity contribution < 1.29 is 159 Å². The van der Waals surface area contributed by atoms with Gasteiger partial charge in [-0.25, -0.2) is 4.89 Å². The maximum absolute atomic E-state index is 11.2. The SMILES string of the molecule is OC[C@H]1O[C@H](O)[C@H](O)[C@@H](O)[C@@H]1O[C@@H]1O[C@H](CO)[C@@H](O[C@@H]2O[C@H](CO)[C@@H](O[C@@H]3O[C@H](CO)[C@@H](O[C@@H]4O[C@H](CO)[C@@H](O[C@@H]5O[C@H](COO)[C@@H](O)[C@H](O)[C@H]5O)[C@H](O)[C@H]4O)[C@H](O)[C@H]3O)[C@H](O)[C@H]2O)[C@H](O)[C@H]1O. The van der Waals surface area contributed by atoms with Gasteiger partial charge >= 0.3 is 0 Å². The van der Waals surface area contributed by atoms with E-state index in [1.165, 1.54) is 0 Å². The first-order valence-electron chi connectivity index (χ1n) is 21.3. The van der Waals surface area contributed by atoms with Crippen molar-refractivity contribution in [1.82, 2.24) is 0 Å². The van der Waals surface area contributed by atoms with Crippen LogP contribution in [0, 0.1) is 0 Å². The molecule has 6 aliphatic heterocycles. The van der Waals surface area contributed by atoms with Gasteiger partial charge in [0.1, 0.15) is 153 Å². The fourth-order valence-electron chi connectivity index (χ4n) is 8.58. The lowest BCUT2D eigenvalue weighted by molar-refractivity contribution is -0.396. The van der Waals surface area contributed by atoms with E-state index >= 15 is 0 Å². The number of aliphatic hydroxyl groups excluding tert-OH is 19. The van der Waals surface area contributed by atoms with Gasteiger partial charge in [0, 0.05) is 0 Å². The van der Waals surface area contributed by atoms with E-state index in [0.717, 1.165) is 0 Å². The molecular formula is C36H62O32. The van der Waals surface area contributed by atoms with Crippen molar-refractivity contribution >= 4 is 0 Å². The van der Waals surface area contributed by atoms with E-state index < -0.39 is 224 Å². The number of rotatable bonds is 17. The second-order valence-electron chi connectivity index (χ2n) is 16.9. The standard InChI is InChI=1S/C36H62O32/c37-1-7-26(15(44)20(49)31(55)58-7)64-33-22(51)17(46)28(9(3-39)59-33)66-35-24(53)19(48)30(11(5-41)61-35)68-36-25(54)18(47)29(10(4-40)62-36)67-34-23(52)16(45)27(8(2-38)60-34)65-32-21(50)14(43)13(42)12(63-32)6-57-56/h7-56H,1-6H2/t7-,8-,9-,10-,11-,12-,13-,14+,15-,16-,17-,18-,19-,20-,21-,22-,23-,24-,25-,26-,27-,28-,29-,30-,31+,32+,33+,34+,35+,36+/m1/s1. The number of aliphatic hydroxyl groups is 19. The molecule has 6 aliphatic rings. The van der Waals surface area contributed by atoms with Crippen LogP contribution in [0.2, 0.25) is 0 Å². The summed E-state index contributed by atoms with van der Waals surface area (Å²) in [5.74, 6) is 0. The Balaban J connectivity index is 1.07. The molecule has 0 saturated carbocycles. The molecule has 0 aromatic heterocycles. The fraction of sp³-hybridized carbons (Fsp3) is 1.00. The van der Waals surface area contributed by atoms with E-state index in [2.05, 4.69) is 4.89 Å². The zero-order valence-corrected chi connectivity index (χ0v) is 35.4. The molecule has 32 nitrogen and oxygen atoms in total. The lowest BCUT2D eigenvalue weighted by atomic mass is 9.95. The third-order valence-electron chi connectivity index (χ3n) is 12.5. The van der Waals surface area contributed by atoms with Gasteiger partial charge in [-0.1, -0.05) is 0 Å². The van der Waals surface area contributed by atoms with Gasteiger partial charge < -0.3 is 149 Å². The topological polar surface area (TPSA) is 515 Å². The minimum Gasteiger partial charge on any atom is -0.394 e. The summed E-state index contributed by atoms with van der Waals surface area (Å²) in [5, 5.41) is 209. The summed E-state index contributed by atoms with van der Waals surface area (Å²) in [5.41, 5.74) is 0. The smallest absolute Gasteiger partial charge is 0.187 e. The van der Waals surface area contributed by atoms with E-state index in [0.29, 0.717) is 0 Å². The summed E-state index contributed by atoms with van der Waals surface area (Å²) >= 11 is 0. The van der Waals surface area contributed by atoms with Crippen molar-refractivity contribution in [1.29, 1.82) is 0 Å². The van der Waals surface area contributed by atoms with Gasteiger partial charge in [0.2, 0.25) is 0 Å². The molecule has 0 spiro atoms. The van der Waals surface area contributed by atoms with Crippen molar-refractivity contribution in [3.8, 4) is 0 Å². The van der Waals surface area contributed by atoms with Crippen LogP contribution in [0.25, 0.3) is 0 Å². The average molecular weight is 1010 g/mol. The van der Waals surface area contributed by atoms with Crippen LogP contribution in [-0.2, 0) is 57.0 Å². The van der Waals surface area contributed by atoms with Gasteiger partial charge in [-0.3, -0.25) is 5.26 Å². The predicted octanol–water partition coefficient (Wildman–Crippen LogP) is -13.6. The molecule has 6 saturated heterocycles. The van der Waals surface area contributed by atoms with Crippen molar-refractivity contribution in [3.05, 3.63) is 0 Å². The molecule has 0 bridgehead atoms. The highest BCUT2D eigenvalue weighted by Gasteiger charge is 2.57. The van der Waals surface area contributed by atoms with E-state index in [-0.39, 0.29) is 0 Å². The molecule has 20 N–H and O–H groups in total. The maximum atomic E-state index is 11.2. The lowest BCUT2D eigenvalue weighted by Crippen LogP contribution is -2.68. The van der Waals surface area contributed by atoms with Crippen molar-refractivity contribution in [2.75, 3.05) is 39.6 Å². The molecule has 6 rings (SSSR count). The first-order valence-corrected chi connectivity index (χ1v) is 21.3. The molecule has 6 heterocycles. The summed E-state index contributed by atoms with van der Waals surface area (Å²) in [4.78, 5) is 3.94. The highest BCUT2D eigenvalue weighted by molar-refractivity contribution is 5.00. The Morgan fingerprint density at radius 3 is 0.765 bits per heavy atom. The monoisotopic (exact) mass is 1010 g/mol.